The van der Waals surface area contributed by atoms with Gasteiger partial charge >= 0.3 is 0 Å². The minimum Gasteiger partial charge on any atom is -0.495 e. The summed E-state index contributed by atoms with van der Waals surface area (Å²) in [5, 5.41) is 0.666. The number of thiocarbonyl (C=S) groups is 1. The summed E-state index contributed by atoms with van der Waals surface area (Å²) in [4.78, 5) is 16.0. The van der Waals surface area contributed by atoms with Crippen LogP contribution in [0, 0.1) is 5.82 Å². The lowest BCUT2D eigenvalue weighted by atomic mass is 10.2. The average molecular weight is 409 g/mol. The highest BCUT2D eigenvalue weighted by molar-refractivity contribution is 7.80. The number of rotatable bonds is 6. The van der Waals surface area contributed by atoms with E-state index in [1.807, 2.05) is 0 Å². The van der Waals surface area contributed by atoms with Gasteiger partial charge in [-0.1, -0.05) is 23.7 Å². The molecule has 1 heterocycles. The summed E-state index contributed by atoms with van der Waals surface area (Å²) in [6.45, 7) is 2.46. The minimum atomic E-state index is -0.853. The number of carbonyl (C=O) groups excluding carboxylic acids is 1. The van der Waals surface area contributed by atoms with Crippen LogP contribution in [0.3, 0.4) is 0 Å². The first-order valence-electron chi connectivity index (χ1n) is 8.30. The molecule has 1 aliphatic rings. The van der Waals surface area contributed by atoms with Crippen LogP contribution in [0.15, 0.2) is 42.5 Å². The van der Waals surface area contributed by atoms with Crippen molar-refractivity contribution in [1.82, 2.24) is 4.90 Å². The molecule has 1 atom stereocenters. The number of nitrogens with zero attached hydrogens (tertiary/aromatic N) is 2. The Labute approximate surface area is 167 Å². The van der Waals surface area contributed by atoms with Crippen molar-refractivity contribution in [3.63, 3.8) is 0 Å². The van der Waals surface area contributed by atoms with Gasteiger partial charge in [-0.25, -0.2) is 4.39 Å². The monoisotopic (exact) mass is 408 g/mol. The van der Waals surface area contributed by atoms with Gasteiger partial charge in [-0.05, 0) is 55.0 Å². The molecule has 27 heavy (non-hydrogen) atoms. The summed E-state index contributed by atoms with van der Waals surface area (Å²) in [6, 6.07) is 11.0. The van der Waals surface area contributed by atoms with Gasteiger partial charge < -0.3 is 14.4 Å². The van der Waals surface area contributed by atoms with Crippen molar-refractivity contribution in [2.45, 2.75) is 19.7 Å². The van der Waals surface area contributed by atoms with E-state index in [0.29, 0.717) is 34.7 Å². The Morgan fingerprint density at radius 3 is 2.52 bits per heavy atom. The predicted molar refractivity (Wildman–Crippen MR) is 105 cm³/mol. The van der Waals surface area contributed by atoms with Gasteiger partial charge in [0.2, 0.25) is 6.23 Å². The van der Waals surface area contributed by atoms with Crippen molar-refractivity contribution in [1.29, 1.82) is 0 Å². The molecular weight excluding hydrogens is 391 g/mol. The van der Waals surface area contributed by atoms with Crippen molar-refractivity contribution >= 4 is 40.5 Å². The maximum atomic E-state index is 13.2. The third-order valence-electron chi connectivity index (χ3n) is 4.14. The van der Waals surface area contributed by atoms with Crippen molar-refractivity contribution in [3.05, 3.63) is 58.9 Å². The summed E-state index contributed by atoms with van der Waals surface area (Å²) in [5.74, 6) is -0.123. The highest BCUT2D eigenvalue weighted by atomic mass is 35.5. The standard InChI is InChI=1S/C19H18ClFN2O3S/c1-3-26-18-17(24)23(14-8-9-16(25-2)15(20)10-14)19(27)22(18)11-12-4-6-13(21)7-5-12/h4-10,18H,3,11H2,1-2H3. The molecule has 0 N–H and O–H groups in total. The van der Waals surface area contributed by atoms with Crippen molar-refractivity contribution in [2.75, 3.05) is 18.6 Å². The van der Waals surface area contributed by atoms with E-state index in [2.05, 4.69) is 0 Å². The minimum absolute atomic E-state index is 0.295. The lowest BCUT2D eigenvalue weighted by Gasteiger charge is -2.23. The van der Waals surface area contributed by atoms with Gasteiger partial charge in [-0.2, -0.15) is 0 Å². The molecule has 0 aromatic heterocycles. The van der Waals surface area contributed by atoms with E-state index in [0.717, 1.165) is 5.56 Å². The number of hydrogen-bond donors (Lipinski definition) is 0. The van der Waals surface area contributed by atoms with Crippen molar-refractivity contribution in [3.8, 4) is 5.75 Å². The smallest absolute Gasteiger partial charge is 0.283 e. The maximum absolute atomic E-state index is 13.2. The van der Waals surface area contributed by atoms with E-state index in [9.17, 15) is 9.18 Å². The number of ether oxygens (including phenoxy) is 2. The van der Waals surface area contributed by atoms with E-state index in [-0.39, 0.29) is 11.7 Å². The van der Waals surface area contributed by atoms with Gasteiger partial charge in [0.1, 0.15) is 11.6 Å². The van der Waals surface area contributed by atoms with Gasteiger partial charge in [0.15, 0.2) is 5.11 Å². The largest absolute Gasteiger partial charge is 0.495 e. The summed E-state index contributed by atoms with van der Waals surface area (Å²) in [7, 11) is 1.52. The summed E-state index contributed by atoms with van der Waals surface area (Å²) in [5.41, 5.74) is 1.34. The van der Waals surface area contributed by atoms with E-state index >= 15 is 0 Å². The Kier molecular flexibility index (Phi) is 5.94. The number of hydrogen-bond acceptors (Lipinski definition) is 4. The van der Waals surface area contributed by atoms with Crippen LogP contribution in [0.5, 0.6) is 5.75 Å². The van der Waals surface area contributed by atoms with E-state index in [1.165, 1.54) is 24.1 Å². The molecule has 2 aromatic carbocycles. The van der Waals surface area contributed by atoms with Crippen LogP contribution in [-0.2, 0) is 16.1 Å². The predicted octanol–water partition coefficient (Wildman–Crippen LogP) is 3.98. The van der Waals surface area contributed by atoms with Crippen LogP contribution < -0.4 is 9.64 Å². The van der Waals surface area contributed by atoms with Gasteiger partial charge in [-0.3, -0.25) is 9.69 Å². The molecule has 1 amide bonds. The molecule has 5 nitrogen and oxygen atoms in total. The number of amides is 1. The summed E-state index contributed by atoms with van der Waals surface area (Å²) < 4.78 is 24.0. The Hall–Kier alpha value is -2.22. The van der Waals surface area contributed by atoms with Crippen molar-refractivity contribution < 1.29 is 18.7 Å². The Morgan fingerprint density at radius 1 is 1.22 bits per heavy atom. The third kappa shape index (κ3) is 3.90. The quantitative estimate of drug-likeness (QED) is 0.676. The fourth-order valence-corrected chi connectivity index (χ4v) is 3.46. The number of halogens is 2. The zero-order valence-electron chi connectivity index (χ0n) is 14.8. The number of methoxy groups -OCH3 is 1. The molecule has 0 bridgehead atoms. The number of carbonyl (C=O) groups is 1. The first-order chi connectivity index (χ1) is 13.0. The highest BCUT2D eigenvalue weighted by Gasteiger charge is 2.44. The molecule has 3 rings (SSSR count). The molecule has 1 aliphatic heterocycles. The molecule has 0 saturated carbocycles. The highest BCUT2D eigenvalue weighted by Crippen LogP contribution is 2.33. The second-order valence-electron chi connectivity index (χ2n) is 5.84. The molecule has 142 valence electrons. The second-order valence-corrected chi connectivity index (χ2v) is 6.61. The molecule has 0 spiro atoms. The first-order valence-corrected chi connectivity index (χ1v) is 9.09. The lowest BCUT2D eigenvalue weighted by molar-refractivity contribution is -0.133. The Bertz CT molecular complexity index is 863. The third-order valence-corrected chi connectivity index (χ3v) is 4.85. The molecule has 0 radical (unpaired) electrons. The van der Waals surface area contributed by atoms with Crippen LogP contribution in [0.4, 0.5) is 10.1 Å². The molecule has 1 unspecified atom stereocenters. The fourth-order valence-electron chi connectivity index (χ4n) is 2.86. The van der Waals surface area contributed by atoms with E-state index in [4.69, 9.17) is 33.3 Å². The number of benzene rings is 2. The van der Waals surface area contributed by atoms with E-state index in [1.54, 1.807) is 42.2 Å². The molecule has 1 saturated heterocycles. The summed E-state index contributed by atoms with van der Waals surface area (Å²) >= 11 is 11.7. The van der Waals surface area contributed by atoms with E-state index < -0.39 is 6.23 Å². The zero-order chi connectivity index (χ0) is 19.6. The van der Waals surface area contributed by atoms with Crippen LogP contribution in [0.25, 0.3) is 0 Å². The SMILES string of the molecule is CCOC1C(=O)N(c2ccc(OC)c(Cl)c2)C(=S)N1Cc1ccc(F)cc1. The first kappa shape index (κ1) is 19.5. The second kappa shape index (κ2) is 8.21. The van der Waals surface area contributed by atoms with Crippen LogP contribution >= 0.6 is 23.8 Å². The maximum Gasteiger partial charge on any atom is 0.283 e. The van der Waals surface area contributed by atoms with Crippen LogP contribution in [0.1, 0.15) is 12.5 Å². The molecule has 2 aromatic rings. The normalized spacial score (nSPS) is 17.0. The fraction of sp³-hybridized carbons (Fsp3) is 0.263. The van der Waals surface area contributed by atoms with Gasteiger partial charge in [0, 0.05) is 13.2 Å². The molecule has 0 aliphatic carbocycles. The van der Waals surface area contributed by atoms with Gasteiger partial charge in [0.25, 0.3) is 5.91 Å². The van der Waals surface area contributed by atoms with Crippen LogP contribution in [-0.4, -0.2) is 35.9 Å². The van der Waals surface area contributed by atoms with Crippen LogP contribution in [0.2, 0.25) is 5.02 Å². The summed E-state index contributed by atoms with van der Waals surface area (Å²) in [6.07, 6.45) is -0.853. The van der Waals surface area contributed by atoms with Crippen molar-refractivity contribution in [2.24, 2.45) is 0 Å². The molecular formula is C19H18ClFN2O3S. The Balaban J connectivity index is 1.92. The Morgan fingerprint density at radius 2 is 1.93 bits per heavy atom. The topological polar surface area (TPSA) is 42.0 Å². The molecule has 1 fully saturated rings. The average Bonchev–Trinajstić information content (AvgIpc) is 2.88. The zero-order valence-corrected chi connectivity index (χ0v) is 16.4. The van der Waals surface area contributed by atoms with Gasteiger partial charge in [-0.15, -0.1) is 0 Å². The molecule has 8 heteroatoms. The lowest BCUT2D eigenvalue weighted by Crippen LogP contribution is -2.36. The number of anilines is 1. The van der Waals surface area contributed by atoms with Gasteiger partial charge in [0.05, 0.1) is 17.8 Å².